The lowest BCUT2D eigenvalue weighted by Gasteiger charge is -2.25. The van der Waals surface area contributed by atoms with Crippen molar-refractivity contribution in [1.82, 2.24) is 4.90 Å². The molecule has 0 N–H and O–H groups in total. The van der Waals surface area contributed by atoms with Crippen molar-refractivity contribution in [2.24, 2.45) is 0 Å². The van der Waals surface area contributed by atoms with E-state index >= 15 is 0 Å². The fraction of sp³-hybridized carbons (Fsp3) is 0.375. The topological polar surface area (TPSA) is 57.7 Å². The lowest BCUT2D eigenvalue weighted by molar-refractivity contribution is -0.117. The van der Waals surface area contributed by atoms with Crippen LogP contribution in [0.3, 0.4) is 0 Å². The lowest BCUT2D eigenvalue weighted by atomic mass is 9.96. The van der Waals surface area contributed by atoms with Gasteiger partial charge in [-0.15, -0.1) is 0 Å². The zero-order chi connectivity index (χ0) is 20.5. The fourth-order valence-electron chi connectivity index (χ4n) is 4.33. The van der Waals surface area contributed by atoms with Crippen molar-refractivity contribution >= 4 is 23.3 Å². The van der Waals surface area contributed by atoms with Crippen LogP contribution in [0.15, 0.2) is 42.5 Å². The highest BCUT2D eigenvalue weighted by Crippen LogP contribution is 2.27. The maximum absolute atomic E-state index is 13.2. The quantitative estimate of drug-likeness (QED) is 0.744. The van der Waals surface area contributed by atoms with Gasteiger partial charge in [-0.05, 0) is 69.0 Å². The smallest absolute Gasteiger partial charge is 0.254 e. The monoisotopic (exact) mass is 390 g/mol. The van der Waals surface area contributed by atoms with E-state index in [-0.39, 0.29) is 17.6 Å². The van der Waals surface area contributed by atoms with E-state index in [1.54, 1.807) is 21.9 Å². The minimum Gasteiger partial charge on any atom is -0.328 e. The molecular weight excluding hydrogens is 364 g/mol. The average molecular weight is 390 g/mol. The van der Waals surface area contributed by atoms with Gasteiger partial charge in [-0.25, -0.2) is 0 Å². The molecule has 2 aliphatic heterocycles. The summed E-state index contributed by atoms with van der Waals surface area (Å²) in [7, 11) is 0. The molecule has 2 fully saturated rings. The van der Waals surface area contributed by atoms with E-state index in [1.807, 2.05) is 44.2 Å². The number of carbonyl (C=O) groups excluding carboxylic acids is 3. The number of hydrogen-bond donors (Lipinski definition) is 0. The van der Waals surface area contributed by atoms with Crippen LogP contribution in [0.2, 0.25) is 0 Å². The first-order chi connectivity index (χ1) is 14.0. The molecule has 5 nitrogen and oxygen atoms in total. The second-order valence-corrected chi connectivity index (χ2v) is 8.04. The van der Waals surface area contributed by atoms with Crippen molar-refractivity contribution in [2.45, 2.75) is 45.6 Å². The molecule has 0 radical (unpaired) electrons. The van der Waals surface area contributed by atoms with E-state index in [9.17, 15) is 14.4 Å². The van der Waals surface area contributed by atoms with Crippen molar-refractivity contribution in [3.8, 4) is 0 Å². The van der Waals surface area contributed by atoms with Crippen molar-refractivity contribution in [1.29, 1.82) is 0 Å². The predicted octanol–water partition coefficient (Wildman–Crippen LogP) is 3.92. The third-order valence-corrected chi connectivity index (χ3v) is 5.97. The molecule has 2 aromatic carbocycles. The van der Waals surface area contributed by atoms with Crippen LogP contribution >= 0.6 is 0 Å². The predicted molar refractivity (Wildman–Crippen MR) is 112 cm³/mol. The average Bonchev–Trinajstić information content (AvgIpc) is 3.38. The molecule has 2 heterocycles. The first-order valence-electron chi connectivity index (χ1n) is 10.3. The van der Waals surface area contributed by atoms with Gasteiger partial charge >= 0.3 is 0 Å². The number of likely N-dealkylation sites (tertiary alicyclic amines) is 1. The molecule has 1 unspecified atom stereocenters. The Balaban J connectivity index is 1.54. The molecule has 4 rings (SSSR count). The number of aryl methyl sites for hydroxylation is 2. The Hall–Kier alpha value is -2.95. The maximum Gasteiger partial charge on any atom is 0.254 e. The standard InChI is InChI=1S/C24H26N2O3/c1-16-7-8-17(2)20(15-16)23(28)21-5-3-14-26(21)24(29)18-9-11-19(12-10-18)25-13-4-6-22(25)27/h7-12,15,21H,3-6,13-14H2,1-2H3. The van der Waals surface area contributed by atoms with Crippen LogP contribution in [0.5, 0.6) is 0 Å². The summed E-state index contributed by atoms with van der Waals surface area (Å²) in [5.41, 5.74) is 4.08. The molecule has 1 atom stereocenters. The summed E-state index contributed by atoms with van der Waals surface area (Å²) in [5, 5.41) is 0. The molecule has 0 bridgehead atoms. The van der Waals surface area contributed by atoms with Gasteiger partial charge in [0.05, 0.1) is 6.04 Å². The Morgan fingerprint density at radius 3 is 2.41 bits per heavy atom. The number of carbonyl (C=O) groups is 3. The Kier molecular flexibility index (Phi) is 5.22. The van der Waals surface area contributed by atoms with Gasteiger partial charge in [0.2, 0.25) is 5.91 Å². The zero-order valence-electron chi connectivity index (χ0n) is 17.0. The second kappa shape index (κ2) is 7.82. The number of ketones is 1. The minimum atomic E-state index is -0.414. The number of hydrogen-bond acceptors (Lipinski definition) is 3. The van der Waals surface area contributed by atoms with E-state index in [0.29, 0.717) is 30.5 Å². The van der Waals surface area contributed by atoms with E-state index in [1.165, 1.54) is 0 Å². The van der Waals surface area contributed by atoms with Crippen LogP contribution in [0.25, 0.3) is 0 Å². The summed E-state index contributed by atoms with van der Waals surface area (Å²) in [4.78, 5) is 41.7. The van der Waals surface area contributed by atoms with Crippen molar-refractivity contribution in [3.05, 3.63) is 64.7 Å². The van der Waals surface area contributed by atoms with E-state index in [0.717, 1.165) is 36.2 Å². The third kappa shape index (κ3) is 3.69. The number of Topliss-reactive ketones (excluding diaryl/α,β-unsaturated/α-hetero) is 1. The molecule has 150 valence electrons. The Morgan fingerprint density at radius 1 is 0.966 bits per heavy atom. The molecular formula is C24H26N2O3. The zero-order valence-corrected chi connectivity index (χ0v) is 17.0. The number of anilines is 1. The Labute approximate surface area is 171 Å². The molecule has 0 spiro atoms. The summed E-state index contributed by atoms with van der Waals surface area (Å²) in [5.74, 6) is 0.0320. The fourth-order valence-corrected chi connectivity index (χ4v) is 4.33. The Morgan fingerprint density at radius 2 is 1.72 bits per heavy atom. The molecule has 2 amide bonds. The van der Waals surface area contributed by atoms with Crippen molar-refractivity contribution in [3.63, 3.8) is 0 Å². The van der Waals surface area contributed by atoms with Crippen LogP contribution in [0, 0.1) is 13.8 Å². The van der Waals surface area contributed by atoms with Gasteiger partial charge < -0.3 is 9.80 Å². The largest absolute Gasteiger partial charge is 0.328 e. The number of rotatable bonds is 4. The summed E-state index contributed by atoms with van der Waals surface area (Å²) >= 11 is 0. The molecule has 2 aromatic rings. The first-order valence-corrected chi connectivity index (χ1v) is 10.3. The van der Waals surface area contributed by atoms with Crippen molar-refractivity contribution in [2.75, 3.05) is 18.0 Å². The van der Waals surface area contributed by atoms with Gasteiger partial charge in [0, 0.05) is 36.3 Å². The molecule has 0 aromatic heterocycles. The minimum absolute atomic E-state index is 0.0244. The highest BCUT2D eigenvalue weighted by atomic mass is 16.2. The van der Waals surface area contributed by atoms with Gasteiger partial charge in [0.1, 0.15) is 0 Å². The molecule has 0 aliphatic carbocycles. The van der Waals surface area contributed by atoms with Crippen LogP contribution < -0.4 is 4.90 Å². The van der Waals surface area contributed by atoms with Crippen molar-refractivity contribution < 1.29 is 14.4 Å². The molecule has 0 saturated carbocycles. The number of benzene rings is 2. The summed E-state index contributed by atoms with van der Waals surface area (Å²) < 4.78 is 0. The maximum atomic E-state index is 13.2. The number of nitrogens with zero attached hydrogens (tertiary/aromatic N) is 2. The summed E-state index contributed by atoms with van der Waals surface area (Å²) in [6.07, 6.45) is 2.97. The Bertz CT molecular complexity index is 965. The molecule has 2 aliphatic rings. The van der Waals surface area contributed by atoms with E-state index in [2.05, 4.69) is 0 Å². The van der Waals surface area contributed by atoms with Gasteiger partial charge in [-0.3, -0.25) is 14.4 Å². The second-order valence-electron chi connectivity index (χ2n) is 8.04. The molecule has 29 heavy (non-hydrogen) atoms. The van der Waals surface area contributed by atoms with E-state index < -0.39 is 6.04 Å². The van der Waals surface area contributed by atoms with Gasteiger partial charge in [0.25, 0.3) is 5.91 Å². The first kappa shape index (κ1) is 19.4. The van der Waals surface area contributed by atoms with Crippen LogP contribution in [0.1, 0.15) is 57.5 Å². The van der Waals surface area contributed by atoms with E-state index in [4.69, 9.17) is 0 Å². The summed E-state index contributed by atoms with van der Waals surface area (Å²) in [6, 6.07) is 12.6. The van der Waals surface area contributed by atoms with Gasteiger partial charge in [-0.1, -0.05) is 17.7 Å². The van der Waals surface area contributed by atoms with Gasteiger partial charge in [0.15, 0.2) is 5.78 Å². The van der Waals surface area contributed by atoms with Crippen LogP contribution in [-0.2, 0) is 4.79 Å². The highest BCUT2D eigenvalue weighted by molar-refractivity contribution is 6.05. The highest BCUT2D eigenvalue weighted by Gasteiger charge is 2.35. The molecule has 5 heteroatoms. The van der Waals surface area contributed by atoms with Crippen LogP contribution in [0.4, 0.5) is 5.69 Å². The van der Waals surface area contributed by atoms with Gasteiger partial charge in [-0.2, -0.15) is 0 Å². The lowest BCUT2D eigenvalue weighted by Crippen LogP contribution is -2.40. The number of amides is 2. The summed E-state index contributed by atoms with van der Waals surface area (Å²) in [6.45, 7) is 5.23. The molecule has 2 saturated heterocycles. The third-order valence-electron chi connectivity index (χ3n) is 5.97. The van der Waals surface area contributed by atoms with Crippen LogP contribution in [-0.4, -0.2) is 41.6 Å². The normalized spacial score (nSPS) is 19.1. The SMILES string of the molecule is Cc1ccc(C)c(C(=O)C2CCCN2C(=O)c2ccc(N3CCCC3=O)cc2)c1.